The molecule has 0 spiro atoms. The molecule has 124 valence electrons. The van der Waals surface area contributed by atoms with Crippen molar-refractivity contribution in [2.75, 3.05) is 13.6 Å². The molecule has 0 aliphatic carbocycles. The van der Waals surface area contributed by atoms with Crippen LogP contribution >= 0.6 is 23.7 Å². The number of nitrogens with zero attached hydrogens (tertiary/aromatic N) is 1. The number of thiophene rings is 1. The maximum Gasteiger partial charge on any atom is 0.138 e. The van der Waals surface area contributed by atoms with Crippen molar-refractivity contribution < 1.29 is 4.74 Å². The van der Waals surface area contributed by atoms with Gasteiger partial charge in [-0.25, -0.2) is 0 Å². The van der Waals surface area contributed by atoms with Crippen LogP contribution in [0.2, 0.25) is 0 Å². The molecule has 3 aromatic rings. The Morgan fingerprint density at radius 1 is 1.17 bits per heavy atom. The molecule has 0 fully saturated rings. The van der Waals surface area contributed by atoms with E-state index >= 15 is 0 Å². The molecule has 1 aromatic heterocycles. The van der Waals surface area contributed by atoms with E-state index in [1.54, 1.807) is 11.3 Å². The predicted octanol–water partition coefficient (Wildman–Crippen LogP) is 4.92. The summed E-state index contributed by atoms with van der Waals surface area (Å²) in [4.78, 5) is 0. The molecule has 1 N–H and O–H groups in total. The Balaban J connectivity index is 0.00000208. The molecule has 3 nitrogen and oxygen atoms in total. The fourth-order valence-corrected chi connectivity index (χ4v) is 3.49. The number of fused-ring (bicyclic) bond motifs is 1. The van der Waals surface area contributed by atoms with Crippen LogP contribution in [-0.4, -0.2) is 13.6 Å². The summed E-state index contributed by atoms with van der Waals surface area (Å²) in [5, 5.41) is 15.4. The van der Waals surface area contributed by atoms with Gasteiger partial charge < -0.3 is 10.1 Å². The minimum absolute atomic E-state index is 0. The summed E-state index contributed by atoms with van der Waals surface area (Å²) in [7, 11) is 1.95. The molecular formula is C19H19ClN2OS. The fraction of sp³-hybridized carbons (Fsp3) is 0.211. The first-order chi connectivity index (χ1) is 11.3. The monoisotopic (exact) mass is 358 g/mol. The van der Waals surface area contributed by atoms with Crippen molar-refractivity contribution in [1.82, 2.24) is 5.32 Å². The Morgan fingerprint density at radius 3 is 2.67 bits per heavy atom. The molecule has 1 atom stereocenters. The highest BCUT2D eigenvalue weighted by Gasteiger charge is 2.16. The van der Waals surface area contributed by atoms with Gasteiger partial charge in [-0.15, -0.1) is 23.7 Å². The van der Waals surface area contributed by atoms with Crippen LogP contribution in [-0.2, 0) is 0 Å². The van der Waals surface area contributed by atoms with Gasteiger partial charge in [0.1, 0.15) is 11.9 Å². The Bertz CT molecular complexity index is 826. The Hall–Kier alpha value is -2.06. The molecule has 3 rings (SSSR count). The number of nitrogens with one attached hydrogen (secondary N) is 1. The van der Waals surface area contributed by atoms with Crippen molar-refractivity contribution in [2.24, 2.45) is 0 Å². The zero-order valence-electron chi connectivity index (χ0n) is 13.4. The Kier molecular flexibility index (Phi) is 6.62. The third-order valence-corrected chi connectivity index (χ3v) is 4.73. The van der Waals surface area contributed by atoms with Crippen molar-refractivity contribution in [3.8, 4) is 11.8 Å². The number of ether oxygens (including phenoxy) is 1. The van der Waals surface area contributed by atoms with E-state index in [0.29, 0.717) is 5.56 Å². The zero-order valence-corrected chi connectivity index (χ0v) is 15.0. The lowest BCUT2D eigenvalue weighted by molar-refractivity contribution is 0.198. The van der Waals surface area contributed by atoms with Gasteiger partial charge in [-0.05, 0) is 42.7 Å². The Labute approximate surface area is 152 Å². The molecule has 0 bridgehead atoms. The molecule has 0 unspecified atom stereocenters. The van der Waals surface area contributed by atoms with Crippen molar-refractivity contribution in [1.29, 1.82) is 5.26 Å². The summed E-state index contributed by atoms with van der Waals surface area (Å²) >= 11 is 1.61. The topological polar surface area (TPSA) is 45.0 Å². The van der Waals surface area contributed by atoms with Crippen LogP contribution in [0.3, 0.4) is 0 Å². The minimum Gasteiger partial charge on any atom is -0.484 e. The van der Waals surface area contributed by atoms with Crippen LogP contribution < -0.4 is 10.1 Å². The van der Waals surface area contributed by atoms with Crippen LogP contribution in [0.25, 0.3) is 10.1 Å². The summed E-state index contributed by atoms with van der Waals surface area (Å²) in [6.07, 6.45) is 0.870. The van der Waals surface area contributed by atoms with Gasteiger partial charge in [0.15, 0.2) is 0 Å². The van der Waals surface area contributed by atoms with Gasteiger partial charge in [-0.2, -0.15) is 5.26 Å². The van der Waals surface area contributed by atoms with Gasteiger partial charge in [0.2, 0.25) is 0 Å². The molecule has 5 heteroatoms. The molecule has 0 aliphatic heterocycles. The highest BCUT2D eigenvalue weighted by molar-refractivity contribution is 7.17. The second-order valence-corrected chi connectivity index (χ2v) is 6.21. The summed E-state index contributed by atoms with van der Waals surface area (Å²) < 4.78 is 7.37. The fourth-order valence-electron chi connectivity index (χ4n) is 2.62. The number of hydrogen-bond donors (Lipinski definition) is 1. The van der Waals surface area contributed by atoms with Crippen LogP contribution in [0, 0.1) is 11.3 Å². The van der Waals surface area contributed by atoms with Crippen LogP contribution in [0.1, 0.15) is 23.7 Å². The van der Waals surface area contributed by atoms with E-state index in [2.05, 4.69) is 23.5 Å². The summed E-state index contributed by atoms with van der Waals surface area (Å²) in [5.74, 6) is 0.846. The number of nitriles is 1. The molecule has 0 aliphatic rings. The zero-order chi connectivity index (χ0) is 16.1. The summed E-state index contributed by atoms with van der Waals surface area (Å²) in [6, 6.07) is 18.2. The maximum atomic E-state index is 9.23. The lowest BCUT2D eigenvalue weighted by Crippen LogP contribution is -2.16. The number of benzene rings is 2. The summed E-state index contributed by atoms with van der Waals surface area (Å²) in [6.45, 7) is 0.878. The molecule has 24 heavy (non-hydrogen) atoms. The highest BCUT2D eigenvalue weighted by Crippen LogP contribution is 2.36. The van der Waals surface area contributed by atoms with E-state index in [1.165, 1.54) is 0 Å². The minimum atomic E-state index is -0.0121. The quantitative estimate of drug-likeness (QED) is 0.679. The molecule has 0 saturated heterocycles. The first-order valence-corrected chi connectivity index (χ1v) is 8.48. The third-order valence-electron chi connectivity index (χ3n) is 3.80. The van der Waals surface area contributed by atoms with Crippen LogP contribution in [0.15, 0.2) is 53.9 Å². The lowest BCUT2D eigenvalue weighted by atomic mass is 10.1. The van der Waals surface area contributed by atoms with E-state index in [9.17, 15) is 5.26 Å². The number of halogens is 1. The predicted molar refractivity (Wildman–Crippen MR) is 102 cm³/mol. The van der Waals surface area contributed by atoms with Gasteiger partial charge in [-0.3, -0.25) is 0 Å². The number of hydrogen-bond acceptors (Lipinski definition) is 4. The first-order valence-electron chi connectivity index (χ1n) is 7.60. The van der Waals surface area contributed by atoms with E-state index in [1.807, 2.05) is 48.8 Å². The number of rotatable bonds is 6. The van der Waals surface area contributed by atoms with Gasteiger partial charge in [0.25, 0.3) is 0 Å². The molecule has 0 radical (unpaired) electrons. The van der Waals surface area contributed by atoms with Crippen molar-refractivity contribution in [3.63, 3.8) is 0 Å². The summed E-state index contributed by atoms with van der Waals surface area (Å²) in [5.41, 5.74) is 1.86. The van der Waals surface area contributed by atoms with Crippen molar-refractivity contribution in [2.45, 2.75) is 12.5 Å². The average Bonchev–Trinajstić information content (AvgIpc) is 3.09. The molecule has 2 aromatic carbocycles. The first kappa shape index (κ1) is 18.3. The second kappa shape index (κ2) is 8.70. The molecular weight excluding hydrogens is 340 g/mol. The van der Waals surface area contributed by atoms with Gasteiger partial charge >= 0.3 is 0 Å². The second-order valence-electron chi connectivity index (χ2n) is 5.30. The van der Waals surface area contributed by atoms with Crippen molar-refractivity contribution in [3.05, 3.63) is 65.0 Å². The van der Waals surface area contributed by atoms with Crippen molar-refractivity contribution >= 4 is 33.8 Å². The van der Waals surface area contributed by atoms with Crippen LogP contribution in [0.4, 0.5) is 0 Å². The Morgan fingerprint density at radius 2 is 1.96 bits per heavy atom. The molecule has 1 heterocycles. The normalized spacial score (nSPS) is 11.5. The van der Waals surface area contributed by atoms with E-state index in [-0.39, 0.29) is 18.5 Å². The van der Waals surface area contributed by atoms with Gasteiger partial charge in [0, 0.05) is 11.8 Å². The van der Waals surface area contributed by atoms with Crippen LogP contribution in [0.5, 0.6) is 5.75 Å². The standard InChI is InChI=1S/C19H18N2OS.ClH/c1-21-11-9-17(14-5-3-2-4-6-14)22-18-8-7-15(13-20)16-10-12-23-19(16)18;/h2-8,10,12,17,21H,9,11H2,1H3;1H/t17-;/m0./s1. The molecule has 0 amide bonds. The highest BCUT2D eigenvalue weighted by atomic mass is 35.5. The smallest absolute Gasteiger partial charge is 0.138 e. The van der Waals surface area contributed by atoms with E-state index in [4.69, 9.17) is 4.74 Å². The molecule has 0 saturated carbocycles. The van der Waals surface area contributed by atoms with Gasteiger partial charge in [-0.1, -0.05) is 30.3 Å². The SMILES string of the molecule is CNCC[C@H](Oc1ccc(C#N)c2ccsc12)c1ccccc1.Cl. The lowest BCUT2D eigenvalue weighted by Gasteiger charge is -2.20. The van der Waals surface area contributed by atoms with Gasteiger partial charge in [0.05, 0.1) is 16.3 Å². The largest absolute Gasteiger partial charge is 0.484 e. The average molecular weight is 359 g/mol. The third kappa shape index (κ3) is 3.88. The maximum absolute atomic E-state index is 9.23. The van der Waals surface area contributed by atoms with E-state index in [0.717, 1.165) is 34.4 Å². The van der Waals surface area contributed by atoms with E-state index < -0.39 is 0 Å².